The van der Waals surface area contributed by atoms with E-state index < -0.39 is 6.04 Å². The third-order valence-electron chi connectivity index (χ3n) is 2.30. The monoisotopic (exact) mass is 251 g/mol. The SMILES string of the molecule is CCCC(N)C(=O)Nc1cc(Cl)ccc1C#N. The van der Waals surface area contributed by atoms with Gasteiger partial charge in [0, 0.05) is 5.02 Å². The van der Waals surface area contributed by atoms with Crippen LogP contribution in [0.15, 0.2) is 18.2 Å². The molecule has 0 saturated heterocycles. The van der Waals surface area contributed by atoms with Crippen LogP contribution >= 0.6 is 11.6 Å². The topological polar surface area (TPSA) is 78.9 Å². The van der Waals surface area contributed by atoms with Crippen LogP contribution in [0, 0.1) is 11.3 Å². The van der Waals surface area contributed by atoms with Crippen molar-refractivity contribution >= 4 is 23.2 Å². The number of hydrogen-bond acceptors (Lipinski definition) is 3. The Morgan fingerprint density at radius 3 is 2.94 bits per heavy atom. The molecule has 0 bridgehead atoms. The maximum absolute atomic E-state index is 11.7. The van der Waals surface area contributed by atoms with Gasteiger partial charge in [0.05, 0.1) is 17.3 Å². The minimum absolute atomic E-state index is 0.300. The van der Waals surface area contributed by atoms with Gasteiger partial charge in [-0.05, 0) is 24.6 Å². The van der Waals surface area contributed by atoms with Gasteiger partial charge in [0.15, 0.2) is 0 Å². The quantitative estimate of drug-likeness (QED) is 0.862. The van der Waals surface area contributed by atoms with Gasteiger partial charge in [0.2, 0.25) is 5.91 Å². The van der Waals surface area contributed by atoms with Crippen molar-refractivity contribution in [2.75, 3.05) is 5.32 Å². The number of anilines is 1. The number of nitrogens with one attached hydrogen (secondary N) is 1. The van der Waals surface area contributed by atoms with E-state index in [1.54, 1.807) is 12.1 Å². The van der Waals surface area contributed by atoms with E-state index in [-0.39, 0.29) is 5.91 Å². The van der Waals surface area contributed by atoms with Crippen LogP contribution in [0.4, 0.5) is 5.69 Å². The number of halogens is 1. The first-order valence-corrected chi connectivity index (χ1v) is 5.72. The molecule has 4 nitrogen and oxygen atoms in total. The molecular weight excluding hydrogens is 238 g/mol. The van der Waals surface area contributed by atoms with Crippen LogP contribution in [0.5, 0.6) is 0 Å². The lowest BCUT2D eigenvalue weighted by Gasteiger charge is -2.12. The van der Waals surface area contributed by atoms with Crippen molar-refractivity contribution in [1.29, 1.82) is 5.26 Å². The maximum atomic E-state index is 11.7. The third-order valence-corrected chi connectivity index (χ3v) is 2.53. The van der Waals surface area contributed by atoms with E-state index in [0.29, 0.717) is 22.7 Å². The van der Waals surface area contributed by atoms with Crippen molar-refractivity contribution in [2.45, 2.75) is 25.8 Å². The van der Waals surface area contributed by atoms with Gasteiger partial charge in [-0.3, -0.25) is 4.79 Å². The summed E-state index contributed by atoms with van der Waals surface area (Å²) in [6.07, 6.45) is 1.43. The molecule has 0 aromatic heterocycles. The van der Waals surface area contributed by atoms with Crippen molar-refractivity contribution in [2.24, 2.45) is 5.73 Å². The first-order valence-electron chi connectivity index (χ1n) is 5.34. The van der Waals surface area contributed by atoms with E-state index in [4.69, 9.17) is 22.6 Å². The molecule has 5 heteroatoms. The number of carbonyl (C=O) groups is 1. The van der Waals surface area contributed by atoms with Crippen molar-refractivity contribution in [3.63, 3.8) is 0 Å². The standard InChI is InChI=1S/C12H14ClN3O/c1-2-3-10(15)12(17)16-11-6-9(13)5-4-8(11)7-14/h4-6,10H,2-3,15H2,1H3,(H,16,17). The molecule has 1 aromatic carbocycles. The molecule has 1 amide bonds. The highest BCUT2D eigenvalue weighted by Gasteiger charge is 2.14. The summed E-state index contributed by atoms with van der Waals surface area (Å²) < 4.78 is 0. The summed E-state index contributed by atoms with van der Waals surface area (Å²) in [6.45, 7) is 1.95. The summed E-state index contributed by atoms with van der Waals surface area (Å²) in [4.78, 5) is 11.7. The second-order valence-electron chi connectivity index (χ2n) is 3.69. The Labute approximate surface area is 105 Å². The molecule has 0 fully saturated rings. The zero-order valence-electron chi connectivity index (χ0n) is 9.53. The number of carbonyl (C=O) groups excluding carboxylic acids is 1. The van der Waals surface area contributed by atoms with Crippen molar-refractivity contribution in [1.82, 2.24) is 0 Å². The smallest absolute Gasteiger partial charge is 0.241 e. The summed E-state index contributed by atoms with van der Waals surface area (Å²) in [6, 6.07) is 6.12. The number of hydrogen-bond donors (Lipinski definition) is 2. The number of benzene rings is 1. The summed E-state index contributed by atoms with van der Waals surface area (Å²) in [5, 5.41) is 12.0. The van der Waals surface area contributed by atoms with Gasteiger partial charge < -0.3 is 11.1 Å². The molecule has 1 aromatic rings. The molecule has 0 aliphatic carbocycles. The zero-order valence-corrected chi connectivity index (χ0v) is 10.3. The predicted molar refractivity (Wildman–Crippen MR) is 67.7 cm³/mol. The lowest BCUT2D eigenvalue weighted by molar-refractivity contribution is -0.117. The minimum Gasteiger partial charge on any atom is -0.323 e. The molecule has 0 spiro atoms. The van der Waals surface area contributed by atoms with E-state index in [9.17, 15) is 4.79 Å². The molecule has 0 heterocycles. The molecule has 17 heavy (non-hydrogen) atoms. The normalized spacial score (nSPS) is 11.6. The van der Waals surface area contributed by atoms with Crippen molar-refractivity contribution in [3.05, 3.63) is 28.8 Å². The van der Waals surface area contributed by atoms with E-state index in [2.05, 4.69) is 5.32 Å². The van der Waals surface area contributed by atoms with Crippen LogP contribution in [0.1, 0.15) is 25.3 Å². The zero-order chi connectivity index (χ0) is 12.8. The molecule has 0 radical (unpaired) electrons. The molecule has 0 aliphatic rings. The fraction of sp³-hybridized carbons (Fsp3) is 0.333. The van der Waals surface area contributed by atoms with Gasteiger partial charge in [0.1, 0.15) is 6.07 Å². The molecular formula is C12H14ClN3O. The largest absolute Gasteiger partial charge is 0.323 e. The van der Waals surface area contributed by atoms with Crippen LogP contribution in [0.3, 0.4) is 0 Å². The predicted octanol–water partition coefficient (Wildman–Crippen LogP) is 2.28. The number of amides is 1. The molecule has 1 unspecified atom stereocenters. The third kappa shape index (κ3) is 3.74. The average Bonchev–Trinajstić information content (AvgIpc) is 2.29. The first kappa shape index (κ1) is 13.5. The maximum Gasteiger partial charge on any atom is 0.241 e. The molecule has 90 valence electrons. The molecule has 1 atom stereocenters. The Balaban J connectivity index is 2.84. The lowest BCUT2D eigenvalue weighted by Crippen LogP contribution is -2.35. The van der Waals surface area contributed by atoms with Gasteiger partial charge in [-0.1, -0.05) is 24.9 Å². The van der Waals surface area contributed by atoms with Gasteiger partial charge in [-0.2, -0.15) is 5.26 Å². The number of nitrogens with two attached hydrogens (primary N) is 1. The van der Waals surface area contributed by atoms with Gasteiger partial charge in [0.25, 0.3) is 0 Å². The second-order valence-corrected chi connectivity index (χ2v) is 4.12. The number of rotatable bonds is 4. The highest BCUT2D eigenvalue weighted by molar-refractivity contribution is 6.31. The second kappa shape index (κ2) is 6.24. The molecule has 1 rings (SSSR count). The van der Waals surface area contributed by atoms with E-state index in [1.807, 2.05) is 13.0 Å². The summed E-state index contributed by atoms with van der Waals surface area (Å²) >= 11 is 5.81. The average molecular weight is 252 g/mol. The minimum atomic E-state index is -0.564. The molecule has 0 aliphatic heterocycles. The van der Waals surface area contributed by atoms with Crippen LogP contribution in [-0.2, 0) is 4.79 Å². The summed E-state index contributed by atoms with van der Waals surface area (Å²) in [5.41, 5.74) is 6.44. The van der Waals surface area contributed by atoms with Crippen molar-refractivity contribution in [3.8, 4) is 6.07 Å². The Kier molecular flexibility index (Phi) is 4.95. The van der Waals surface area contributed by atoms with E-state index in [1.165, 1.54) is 6.07 Å². The number of nitrogens with zero attached hydrogens (tertiary/aromatic N) is 1. The van der Waals surface area contributed by atoms with E-state index >= 15 is 0 Å². The summed E-state index contributed by atoms with van der Waals surface area (Å²) in [7, 11) is 0. The van der Waals surface area contributed by atoms with E-state index in [0.717, 1.165) is 6.42 Å². The highest BCUT2D eigenvalue weighted by atomic mass is 35.5. The van der Waals surface area contributed by atoms with Crippen LogP contribution in [0.2, 0.25) is 5.02 Å². The van der Waals surface area contributed by atoms with Crippen LogP contribution < -0.4 is 11.1 Å². The number of nitriles is 1. The van der Waals surface area contributed by atoms with Crippen molar-refractivity contribution < 1.29 is 4.79 Å². The highest BCUT2D eigenvalue weighted by Crippen LogP contribution is 2.20. The Morgan fingerprint density at radius 2 is 2.35 bits per heavy atom. The fourth-order valence-corrected chi connectivity index (χ4v) is 1.56. The molecule has 3 N–H and O–H groups in total. The summed E-state index contributed by atoms with van der Waals surface area (Å²) in [5.74, 6) is -0.300. The Hall–Kier alpha value is -1.57. The molecule has 0 saturated carbocycles. The fourth-order valence-electron chi connectivity index (χ4n) is 1.38. The van der Waals surface area contributed by atoms with Gasteiger partial charge in [-0.25, -0.2) is 0 Å². The Bertz CT molecular complexity index is 454. The van der Waals surface area contributed by atoms with Crippen LogP contribution in [-0.4, -0.2) is 11.9 Å². The van der Waals surface area contributed by atoms with Crippen LogP contribution in [0.25, 0.3) is 0 Å². The van der Waals surface area contributed by atoms with Gasteiger partial charge in [-0.15, -0.1) is 0 Å². The lowest BCUT2D eigenvalue weighted by atomic mass is 10.1. The Morgan fingerprint density at radius 1 is 1.65 bits per heavy atom. The van der Waals surface area contributed by atoms with Gasteiger partial charge >= 0.3 is 0 Å². The first-order chi connectivity index (χ1) is 8.08.